The fourth-order valence-corrected chi connectivity index (χ4v) is 4.07. The van der Waals surface area contributed by atoms with E-state index in [4.69, 9.17) is 9.47 Å². The van der Waals surface area contributed by atoms with Crippen molar-refractivity contribution in [3.63, 3.8) is 0 Å². The molecular formula is C30H28N2O4. The van der Waals surface area contributed by atoms with Gasteiger partial charge in [0.2, 0.25) is 11.8 Å². The van der Waals surface area contributed by atoms with E-state index < -0.39 is 0 Å². The maximum atomic E-state index is 11.0. The van der Waals surface area contributed by atoms with Gasteiger partial charge in [0.1, 0.15) is 13.2 Å². The minimum atomic E-state index is 0.371. The Hall–Kier alpha value is -4.32. The standard InChI is InChI=1S/C30H28N2O4/c1-19-25(17-35-29-13-11-23(15-33)21(3)31-29)7-5-9-27(19)28-10-6-8-26(20(28)2)18-36-30-14-12-24(16-34)22(4)32-30/h5-16H,17-18H2,1-4H3. The SMILES string of the molecule is Cc1nc(OCc2cccc(-c3cccc(COc4ccc(C=O)c(C)n4)c3C)c2C)ccc1C=O. The molecule has 2 aromatic heterocycles. The molecule has 0 radical (unpaired) electrons. The van der Waals surface area contributed by atoms with Gasteiger partial charge in [-0.1, -0.05) is 36.4 Å². The van der Waals surface area contributed by atoms with E-state index in [1.54, 1.807) is 38.1 Å². The molecule has 0 bridgehead atoms. The van der Waals surface area contributed by atoms with Gasteiger partial charge >= 0.3 is 0 Å². The van der Waals surface area contributed by atoms with E-state index in [0.29, 0.717) is 47.5 Å². The number of carbonyl (C=O) groups excluding carboxylic acids is 2. The molecule has 6 nitrogen and oxygen atoms in total. The third kappa shape index (κ3) is 5.33. The Kier molecular flexibility index (Phi) is 7.54. The van der Waals surface area contributed by atoms with E-state index in [0.717, 1.165) is 46.0 Å². The Labute approximate surface area is 211 Å². The third-order valence-corrected chi connectivity index (χ3v) is 6.39. The van der Waals surface area contributed by atoms with Crippen molar-refractivity contribution in [3.8, 4) is 22.9 Å². The van der Waals surface area contributed by atoms with Crippen LogP contribution >= 0.6 is 0 Å². The lowest BCUT2D eigenvalue weighted by atomic mass is 9.92. The van der Waals surface area contributed by atoms with Gasteiger partial charge in [0, 0.05) is 23.3 Å². The summed E-state index contributed by atoms with van der Waals surface area (Å²) in [4.78, 5) is 30.8. The summed E-state index contributed by atoms with van der Waals surface area (Å²) in [5.41, 5.74) is 9.03. The summed E-state index contributed by atoms with van der Waals surface area (Å²) >= 11 is 0. The van der Waals surface area contributed by atoms with Crippen molar-refractivity contribution in [1.29, 1.82) is 0 Å². The minimum Gasteiger partial charge on any atom is -0.473 e. The molecule has 0 fully saturated rings. The first-order valence-electron chi connectivity index (χ1n) is 11.7. The van der Waals surface area contributed by atoms with Crippen molar-refractivity contribution < 1.29 is 19.1 Å². The number of hydrogen-bond acceptors (Lipinski definition) is 6. The van der Waals surface area contributed by atoms with Gasteiger partial charge in [-0.25, -0.2) is 9.97 Å². The normalized spacial score (nSPS) is 10.7. The summed E-state index contributed by atoms with van der Waals surface area (Å²) in [6.07, 6.45) is 1.59. The predicted octanol–water partition coefficient (Wildman–Crippen LogP) is 6.16. The molecule has 0 unspecified atom stereocenters. The molecule has 36 heavy (non-hydrogen) atoms. The van der Waals surface area contributed by atoms with Crippen LogP contribution in [-0.2, 0) is 13.2 Å². The minimum absolute atomic E-state index is 0.371. The molecular weight excluding hydrogens is 452 g/mol. The molecule has 0 aliphatic rings. The Bertz CT molecular complexity index is 1320. The van der Waals surface area contributed by atoms with Crippen molar-refractivity contribution in [2.24, 2.45) is 0 Å². The van der Waals surface area contributed by atoms with Crippen LogP contribution in [-0.4, -0.2) is 22.5 Å². The molecule has 0 aliphatic heterocycles. The topological polar surface area (TPSA) is 78.4 Å². The molecule has 4 rings (SSSR count). The molecule has 4 aromatic rings. The molecule has 0 saturated heterocycles. The quantitative estimate of drug-likeness (QED) is 0.267. The summed E-state index contributed by atoms with van der Waals surface area (Å²) in [7, 11) is 0. The van der Waals surface area contributed by atoms with Crippen molar-refractivity contribution >= 4 is 12.6 Å². The van der Waals surface area contributed by atoms with Gasteiger partial charge in [-0.15, -0.1) is 0 Å². The average molecular weight is 481 g/mol. The average Bonchev–Trinajstić information content (AvgIpc) is 2.88. The summed E-state index contributed by atoms with van der Waals surface area (Å²) in [5.74, 6) is 0.978. The highest BCUT2D eigenvalue weighted by molar-refractivity contribution is 5.77. The summed E-state index contributed by atoms with van der Waals surface area (Å²) in [6, 6.07) is 19.2. The molecule has 6 heteroatoms. The molecule has 182 valence electrons. The molecule has 0 N–H and O–H groups in total. The first-order valence-corrected chi connectivity index (χ1v) is 11.7. The van der Waals surface area contributed by atoms with Crippen LogP contribution in [0.25, 0.3) is 11.1 Å². The summed E-state index contributed by atoms with van der Waals surface area (Å²) < 4.78 is 11.9. The fraction of sp³-hybridized carbons (Fsp3) is 0.200. The number of rotatable bonds is 9. The highest BCUT2D eigenvalue weighted by atomic mass is 16.5. The number of benzene rings is 2. The largest absolute Gasteiger partial charge is 0.473 e. The zero-order valence-corrected chi connectivity index (χ0v) is 20.9. The number of aryl methyl sites for hydroxylation is 2. The first-order chi connectivity index (χ1) is 17.4. The van der Waals surface area contributed by atoms with E-state index in [9.17, 15) is 9.59 Å². The number of carbonyl (C=O) groups is 2. The van der Waals surface area contributed by atoms with Crippen LogP contribution in [0.1, 0.15) is 54.4 Å². The lowest BCUT2D eigenvalue weighted by Gasteiger charge is -2.17. The smallest absolute Gasteiger partial charge is 0.213 e. The monoisotopic (exact) mass is 480 g/mol. The van der Waals surface area contributed by atoms with Gasteiger partial charge in [-0.3, -0.25) is 9.59 Å². The van der Waals surface area contributed by atoms with Gasteiger partial charge in [0.25, 0.3) is 0 Å². The van der Waals surface area contributed by atoms with Gasteiger partial charge < -0.3 is 9.47 Å². The fourth-order valence-electron chi connectivity index (χ4n) is 4.07. The first kappa shape index (κ1) is 24.8. The molecule has 0 saturated carbocycles. The highest BCUT2D eigenvalue weighted by Gasteiger charge is 2.13. The van der Waals surface area contributed by atoms with Crippen molar-refractivity contribution in [2.45, 2.75) is 40.9 Å². The van der Waals surface area contributed by atoms with E-state index in [-0.39, 0.29) is 0 Å². The molecule has 0 amide bonds. The summed E-state index contributed by atoms with van der Waals surface area (Å²) in [5, 5.41) is 0. The van der Waals surface area contributed by atoms with Crippen LogP contribution in [0.3, 0.4) is 0 Å². The lowest BCUT2D eigenvalue weighted by Crippen LogP contribution is -2.04. The number of hydrogen-bond donors (Lipinski definition) is 0. The number of aldehydes is 2. The Morgan fingerprint density at radius 2 is 1.03 bits per heavy atom. The van der Waals surface area contributed by atoms with E-state index in [1.807, 2.05) is 24.3 Å². The molecule has 0 atom stereocenters. The van der Waals surface area contributed by atoms with Crippen molar-refractivity contribution in [2.75, 3.05) is 0 Å². The predicted molar refractivity (Wildman–Crippen MR) is 139 cm³/mol. The number of nitrogens with zero attached hydrogens (tertiary/aromatic N) is 2. The Morgan fingerprint density at radius 1 is 0.611 bits per heavy atom. The van der Waals surface area contributed by atoms with E-state index in [2.05, 4.69) is 35.9 Å². The van der Waals surface area contributed by atoms with Crippen LogP contribution in [0.5, 0.6) is 11.8 Å². The maximum absolute atomic E-state index is 11.0. The lowest BCUT2D eigenvalue weighted by molar-refractivity contribution is 0.111. The zero-order valence-electron chi connectivity index (χ0n) is 20.9. The Balaban J connectivity index is 1.53. The summed E-state index contributed by atoms with van der Waals surface area (Å²) in [6.45, 7) is 8.50. The van der Waals surface area contributed by atoms with Crippen molar-refractivity contribution in [3.05, 3.63) is 105 Å². The van der Waals surface area contributed by atoms with Crippen LogP contribution in [0.2, 0.25) is 0 Å². The second-order valence-corrected chi connectivity index (χ2v) is 8.64. The van der Waals surface area contributed by atoms with Crippen LogP contribution in [0.4, 0.5) is 0 Å². The molecule has 0 aliphatic carbocycles. The molecule has 0 spiro atoms. The van der Waals surface area contributed by atoms with Crippen LogP contribution in [0, 0.1) is 27.7 Å². The van der Waals surface area contributed by atoms with Crippen LogP contribution in [0.15, 0.2) is 60.7 Å². The second kappa shape index (κ2) is 11.0. The van der Waals surface area contributed by atoms with Gasteiger partial charge in [-0.05, 0) is 73.2 Å². The number of pyridine rings is 2. The maximum Gasteiger partial charge on any atom is 0.213 e. The van der Waals surface area contributed by atoms with Crippen LogP contribution < -0.4 is 9.47 Å². The van der Waals surface area contributed by atoms with Gasteiger partial charge in [0.15, 0.2) is 12.6 Å². The Morgan fingerprint density at radius 3 is 1.39 bits per heavy atom. The molecule has 2 aromatic carbocycles. The number of aromatic nitrogens is 2. The molecule has 2 heterocycles. The third-order valence-electron chi connectivity index (χ3n) is 6.39. The second-order valence-electron chi connectivity index (χ2n) is 8.64. The van der Waals surface area contributed by atoms with Gasteiger partial charge in [-0.2, -0.15) is 0 Å². The highest BCUT2D eigenvalue weighted by Crippen LogP contribution is 2.31. The zero-order chi connectivity index (χ0) is 25.7. The van der Waals surface area contributed by atoms with Crippen molar-refractivity contribution in [1.82, 2.24) is 9.97 Å². The van der Waals surface area contributed by atoms with E-state index in [1.165, 1.54) is 0 Å². The van der Waals surface area contributed by atoms with Gasteiger partial charge in [0.05, 0.1) is 11.4 Å². The number of ether oxygens (including phenoxy) is 2. The van der Waals surface area contributed by atoms with E-state index >= 15 is 0 Å².